The van der Waals surface area contributed by atoms with Gasteiger partial charge in [-0.1, -0.05) is 23.8 Å². The predicted octanol–water partition coefficient (Wildman–Crippen LogP) is 3.25. The van der Waals surface area contributed by atoms with Crippen LogP contribution in [0.3, 0.4) is 0 Å². The van der Waals surface area contributed by atoms with Crippen molar-refractivity contribution in [2.45, 2.75) is 46.6 Å². The fourth-order valence-corrected chi connectivity index (χ4v) is 2.67. The number of carbonyl (C=O) groups is 1. The van der Waals surface area contributed by atoms with Crippen LogP contribution in [0.25, 0.3) is 0 Å². The van der Waals surface area contributed by atoms with E-state index in [1.165, 1.54) is 22.3 Å². The Morgan fingerprint density at radius 3 is 2.48 bits per heavy atom. The monoisotopic (exact) mass is 289 g/mol. The lowest BCUT2D eigenvalue weighted by atomic mass is 9.93. The van der Waals surface area contributed by atoms with E-state index >= 15 is 0 Å². The van der Waals surface area contributed by atoms with E-state index in [9.17, 15) is 4.79 Å². The molecule has 3 nitrogen and oxygen atoms in total. The van der Waals surface area contributed by atoms with Gasteiger partial charge in [-0.15, -0.1) is 6.58 Å². The van der Waals surface area contributed by atoms with E-state index in [0.29, 0.717) is 19.6 Å². The number of benzene rings is 1. The van der Waals surface area contributed by atoms with Crippen LogP contribution in [-0.2, 0) is 16.0 Å². The Hall–Kier alpha value is -1.61. The van der Waals surface area contributed by atoms with Gasteiger partial charge in [0, 0.05) is 12.6 Å². The van der Waals surface area contributed by atoms with Gasteiger partial charge in [0.2, 0.25) is 0 Å². The molecule has 0 aromatic heterocycles. The summed E-state index contributed by atoms with van der Waals surface area (Å²) in [4.78, 5) is 11.7. The van der Waals surface area contributed by atoms with Gasteiger partial charge in [0.05, 0.1) is 13.0 Å². The molecule has 1 atom stereocenters. The first-order chi connectivity index (χ1) is 9.97. The zero-order valence-electron chi connectivity index (χ0n) is 13.7. The summed E-state index contributed by atoms with van der Waals surface area (Å²) >= 11 is 0. The lowest BCUT2D eigenvalue weighted by Gasteiger charge is -2.20. The van der Waals surface area contributed by atoms with E-state index in [-0.39, 0.29) is 12.0 Å². The van der Waals surface area contributed by atoms with Crippen molar-refractivity contribution in [3.05, 3.63) is 47.0 Å². The average molecular weight is 289 g/mol. The zero-order valence-corrected chi connectivity index (χ0v) is 13.7. The molecule has 1 aromatic rings. The van der Waals surface area contributed by atoms with E-state index in [4.69, 9.17) is 4.74 Å². The van der Waals surface area contributed by atoms with Crippen molar-refractivity contribution < 1.29 is 9.53 Å². The first-order valence-electron chi connectivity index (χ1n) is 7.54. The molecule has 0 spiro atoms. The lowest BCUT2D eigenvalue weighted by molar-refractivity contribution is -0.143. The SMILES string of the molecule is C=CCNC(CC(=O)OCC)Cc1c(C)cc(C)cc1C. The highest BCUT2D eigenvalue weighted by Crippen LogP contribution is 2.19. The Labute approximate surface area is 128 Å². The van der Waals surface area contributed by atoms with Crippen molar-refractivity contribution in [3.63, 3.8) is 0 Å². The summed E-state index contributed by atoms with van der Waals surface area (Å²) in [5, 5.41) is 3.36. The van der Waals surface area contributed by atoms with Gasteiger partial charge in [-0.3, -0.25) is 4.79 Å². The molecule has 0 aliphatic heterocycles. The Bertz CT molecular complexity index is 471. The molecule has 0 saturated heterocycles. The summed E-state index contributed by atoms with van der Waals surface area (Å²) in [6.45, 7) is 13.0. The topological polar surface area (TPSA) is 38.3 Å². The standard InChI is InChI=1S/C18H27NO2/c1-6-8-19-16(12-18(20)21-7-2)11-17-14(4)9-13(3)10-15(17)5/h6,9-10,16,19H,1,7-8,11-12H2,2-5H3. The molecular formula is C18H27NO2. The highest BCUT2D eigenvalue weighted by atomic mass is 16.5. The number of hydrogen-bond acceptors (Lipinski definition) is 3. The van der Waals surface area contributed by atoms with Gasteiger partial charge >= 0.3 is 5.97 Å². The first-order valence-corrected chi connectivity index (χ1v) is 7.54. The number of hydrogen-bond donors (Lipinski definition) is 1. The fourth-order valence-electron chi connectivity index (χ4n) is 2.67. The summed E-state index contributed by atoms with van der Waals surface area (Å²) in [7, 11) is 0. The Balaban J connectivity index is 2.85. The number of esters is 1. The molecular weight excluding hydrogens is 262 g/mol. The Kier molecular flexibility index (Phi) is 7.17. The summed E-state index contributed by atoms with van der Waals surface area (Å²) in [6.07, 6.45) is 3.02. The predicted molar refractivity (Wildman–Crippen MR) is 87.6 cm³/mol. The Morgan fingerprint density at radius 1 is 1.33 bits per heavy atom. The minimum Gasteiger partial charge on any atom is -0.466 e. The molecule has 0 aliphatic carbocycles. The highest BCUT2D eigenvalue weighted by molar-refractivity contribution is 5.70. The van der Waals surface area contributed by atoms with Gasteiger partial charge in [-0.2, -0.15) is 0 Å². The molecule has 0 heterocycles. The third kappa shape index (κ3) is 5.72. The minimum atomic E-state index is -0.151. The molecule has 1 N–H and O–H groups in total. The van der Waals surface area contributed by atoms with Gasteiger partial charge < -0.3 is 10.1 Å². The van der Waals surface area contributed by atoms with E-state index in [1.54, 1.807) is 0 Å². The molecule has 1 unspecified atom stereocenters. The first kappa shape index (κ1) is 17.4. The van der Waals surface area contributed by atoms with Gasteiger partial charge in [-0.25, -0.2) is 0 Å². The molecule has 0 amide bonds. The number of nitrogens with one attached hydrogen (secondary N) is 1. The smallest absolute Gasteiger partial charge is 0.307 e. The minimum absolute atomic E-state index is 0.0714. The van der Waals surface area contributed by atoms with Crippen LogP contribution in [0.1, 0.15) is 35.6 Å². The van der Waals surface area contributed by atoms with Crippen LogP contribution in [0.4, 0.5) is 0 Å². The van der Waals surface area contributed by atoms with Crippen molar-refractivity contribution in [1.82, 2.24) is 5.32 Å². The molecule has 0 saturated carbocycles. The van der Waals surface area contributed by atoms with Gasteiger partial charge in [0.15, 0.2) is 0 Å². The van der Waals surface area contributed by atoms with Crippen molar-refractivity contribution >= 4 is 5.97 Å². The number of carbonyl (C=O) groups excluding carboxylic acids is 1. The van der Waals surface area contributed by atoms with Crippen LogP contribution in [-0.4, -0.2) is 25.2 Å². The van der Waals surface area contributed by atoms with Crippen LogP contribution < -0.4 is 5.32 Å². The number of rotatable bonds is 8. The maximum atomic E-state index is 11.7. The molecule has 0 bridgehead atoms. The zero-order chi connectivity index (χ0) is 15.8. The molecule has 0 radical (unpaired) electrons. The van der Waals surface area contributed by atoms with Gasteiger partial charge in [0.1, 0.15) is 0 Å². The largest absolute Gasteiger partial charge is 0.466 e. The fraction of sp³-hybridized carbons (Fsp3) is 0.500. The van der Waals surface area contributed by atoms with Crippen molar-refractivity contribution in [3.8, 4) is 0 Å². The summed E-state index contributed by atoms with van der Waals surface area (Å²) in [5.41, 5.74) is 5.14. The number of aryl methyl sites for hydroxylation is 3. The lowest BCUT2D eigenvalue weighted by Crippen LogP contribution is -2.34. The van der Waals surface area contributed by atoms with Crippen molar-refractivity contribution in [1.29, 1.82) is 0 Å². The Morgan fingerprint density at radius 2 is 1.95 bits per heavy atom. The normalized spacial score (nSPS) is 12.0. The van der Waals surface area contributed by atoms with Crippen LogP contribution in [0.2, 0.25) is 0 Å². The molecule has 1 aromatic carbocycles. The molecule has 3 heteroatoms. The molecule has 21 heavy (non-hydrogen) atoms. The second-order valence-corrected chi connectivity index (χ2v) is 5.48. The maximum Gasteiger partial charge on any atom is 0.307 e. The van der Waals surface area contributed by atoms with Crippen LogP contribution in [0, 0.1) is 20.8 Å². The highest BCUT2D eigenvalue weighted by Gasteiger charge is 2.16. The number of ether oxygens (including phenoxy) is 1. The maximum absolute atomic E-state index is 11.7. The summed E-state index contributed by atoms with van der Waals surface area (Å²) in [5.74, 6) is -0.151. The van der Waals surface area contributed by atoms with E-state index in [0.717, 1.165) is 6.42 Å². The molecule has 116 valence electrons. The van der Waals surface area contributed by atoms with Crippen molar-refractivity contribution in [2.75, 3.05) is 13.2 Å². The van der Waals surface area contributed by atoms with Gasteiger partial charge in [-0.05, 0) is 50.8 Å². The van der Waals surface area contributed by atoms with Crippen LogP contribution in [0.15, 0.2) is 24.8 Å². The molecule has 1 rings (SSSR count). The third-order valence-electron chi connectivity index (χ3n) is 3.56. The quantitative estimate of drug-likeness (QED) is 0.590. The van der Waals surface area contributed by atoms with E-state index < -0.39 is 0 Å². The molecule has 0 fully saturated rings. The van der Waals surface area contributed by atoms with Crippen LogP contribution >= 0.6 is 0 Å². The second-order valence-electron chi connectivity index (χ2n) is 5.48. The second kappa shape index (κ2) is 8.63. The van der Waals surface area contributed by atoms with E-state index in [2.05, 4.69) is 44.8 Å². The van der Waals surface area contributed by atoms with Gasteiger partial charge in [0.25, 0.3) is 0 Å². The van der Waals surface area contributed by atoms with Crippen molar-refractivity contribution in [2.24, 2.45) is 0 Å². The van der Waals surface area contributed by atoms with E-state index in [1.807, 2.05) is 13.0 Å². The third-order valence-corrected chi connectivity index (χ3v) is 3.56. The summed E-state index contributed by atoms with van der Waals surface area (Å²) < 4.78 is 5.06. The summed E-state index contributed by atoms with van der Waals surface area (Å²) in [6, 6.07) is 4.45. The molecule has 0 aliphatic rings. The average Bonchev–Trinajstić information content (AvgIpc) is 2.39. The van der Waals surface area contributed by atoms with Crippen LogP contribution in [0.5, 0.6) is 0 Å².